The van der Waals surface area contributed by atoms with Gasteiger partial charge in [-0.05, 0) is 36.9 Å². The van der Waals surface area contributed by atoms with Crippen molar-refractivity contribution in [3.8, 4) is 5.69 Å². The minimum absolute atomic E-state index is 0.0116. The minimum atomic E-state index is -1.46. The molecule has 3 heterocycles. The number of nitrogens with two attached hydrogens (primary N) is 1. The fourth-order valence-corrected chi connectivity index (χ4v) is 3.96. The van der Waals surface area contributed by atoms with Gasteiger partial charge in [-0.15, -0.1) is 11.6 Å². The Bertz CT molecular complexity index is 1200. The number of carbonyl (C=O) groups is 1. The molecule has 10 heteroatoms. The summed E-state index contributed by atoms with van der Waals surface area (Å²) in [6, 6.07) is 6.17. The minimum Gasteiger partial charge on any atom is -0.477 e. The van der Waals surface area contributed by atoms with Crippen LogP contribution in [0.4, 0.5) is 14.6 Å². The van der Waals surface area contributed by atoms with Crippen LogP contribution in [0.5, 0.6) is 0 Å². The lowest BCUT2D eigenvalue weighted by Crippen LogP contribution is -2.26. The van der Waals surface area contributed by atoms with Crippen LogP contribution in [0.2, 0.25) is 0 Å². The number of anilines is 1. The first-order chi connectivity index (χ1) is 14.3. The smallest absolute Gasteiger partial charge is 0.341 e. The molecule has 1 aromatic carbocycles. The summed E-state index contributed by atoms with van der Waals surface area (Å²) in [5.74, 6) is -2.77. The van der Waals surface area contributed by atoms with Crippen LogP contribution in [-0.2, 0) is 0 Å². The van der Waals surface area contributed by atoms with E-state index in [1.807, 2.05) is 0 Å². The van der Waals surface area contributed by atoms with Gasteiger partial charge in [0.15, 0.2) is 17.3 Å². The molecule has 0 radical (unpaired) electrons. The molecular formula is C20H17ClF2N4O3. The van der Waals surface area contributed by atoms with Crippen molar-refractivity contribution in [3.05, 3.63) is 63.9 Å². The highest BCUT2D eigenvalue weighted by Crippen LogP contribution is 2.29. The Labute approximate surface area is 174 Å². The Kier molecular flexibility index (Phi) is 5.17. The molecule has 1 saturated heterocycles. The Hall–Kier alpha value is -3.04. The average Bonchev–Trinajstić information content (AvgIpc) is 3.09. The molecule has 0 bridgehead atoms. The summed E-state index contributed by atoms with van der Waals surface area (Å²) < 4.78 is 29.6. The van der Waals surface area contributed by atoms with E-state index < -0.39 is 28.6 Å². The maximum absolute atomic E-state index is 14.9. The van der Waals surface area contributed by atoms with Gasteiger partial charge in [0.1, 0.15) is 11.4 Å². The highest BCUT2D eigenvalue weighted by Gasteiger charge is 2.33. The van der Waals surface area contributed by atoms with Gasteiger partial charge in [0.05, 0.1) is 10.8 Å². The van der Waals surface area contributed by atoms with Crippen molar-refractivity contribution in [1.29, 1.82) is 0 Å². The number of carboxylic acids is 1. The molecule has 2 aromatic heterocycles. The molecule has 2 atom stereocenters. The summed E-state index contributed by atoms with van der Waals surface area (Å²) in [4.78, 5) is 30.2. The zero-order valence-corrected chi connectivity index (χ0v) is 16.3. The lowest BCUT2D eigenvalue weighted by atomic mass is 10.1. The summed E-state index contributed by atoms with van der Waals surface area (Å²) in [5, 5.41) is 8.93. The van der Waals surface area contributed by atoms with Gasteiger partial charge in [-0.25, -0.2) is 18.6 Å². The van der Waals surface area contributed by atoms with Crippen LogP contribution in [0, 0.1) is 17.6 Å². The lowest BCUT2D eigenvalue weighted by molar-refractivity contribution is 0.0695. The molecule has 3 N–H and O–H groups in total. The van der Waals surface area contributed by atoms with Gasteiger partial charge >= 0.3 is 5.97 Å². The standard InChI is InChI=1S/C20H17ClF2N4O3/c21-15-9-26(7-10(15)6-24)19-16(23)5-13-17(28)14(20(29)30)8-27(18(13)25-19)12-3-1-11(22)2-4-12/h1-5,8,10,15H,6-7,9,24H2,(H,29,30)/t10-,15+/m1/s1. The molecule has 1 aliphatic rings. The van der Waals surface area contributed by atoms with Crippen LogP contribution in [-0.4, -0.2) is 45.6 Å². The number of aromatic nitrogens is 2. The van der Waals surface area contributed by atoms with Crippen molar-refractivity contribution < 1.29 is 18.7 Å². The third-order valence-corrected chi connectivity index (χ3v) is 5.71. The second-order valence-electron chi connectivity index (χ2n) is 7.11. The van der Waals surface area contributed by atoms with E-state index in [0.29, 0.717) is 25.3 Å². The van der Waals surface area contributed by atoms with Gasteiger partial charge in [0, 0.05) is 30.9 Å². The largest absolute Gasteiger partial charge is 0.477 e. The lowest BCUT2D eigenvalue weighted by Gasteiger charge is -2.20. The van der Waals surface area contributed by atoms with Crippen molar-refractivity contribution in [2.24, 2.45) is 11.7 Å². The second-order valence-corrected chi connectivity index (χ2v) is 7.67. The molecule has 0 aliphatic carbocycles. The highest BCUT2D eigenvalue weighted by atomic mass is 35.5. The molecule has 7 nitrogen and oxygen atoms in total. The zero-order valence-electron chi connectivity index (χ0n) is 15.6. The third kappa shape index (κ3) is 3.40. The summed E-state index contributed by atoms with van der Waals surface area (Å²) in [5.41, 5.74) is 4.72. The van der Waals surface area contributed by atoms with Crippen molar-refractivity contribution in [3.63, 3.8) is 0 Å². The number of benzene rings is 1. The third-order valence-electron chi connectivity index (χ3n) is 5.21. The first-order valence-electron chi connectivity index (χ1n) is 9.14. The molecule has 1 fully saturated rings. The Morgan fingerprint density at radius 1 is 1.27 bits per heavy atom. The predicted octanol–water partition coefficient (Wildman–Crippen LogP) is 2.36. The number of fused-ring (bicyclic) bond motifs is 1. The predicted molar refractivity (Wildman–Crippen MR) is 109 cm³/mol. The van der Waals surface area contributed by atoms with Gasteiger partial charge in [-0.3, -0.25) is 4.79 Å². The fraction of sp³-hybridized carbons (Fsp3) is 0.250. The number of hydrogen-bond acceptors (Lipinski definition) is 5. The van der Waals surface area contributed by atoms with Crippen molar-refractivity contribution in [2.45, 2.75) is 5.38 Å². The molecule has 0 saturated carbocycles. The number of alkyl halides is 1. The zero-order chi connectivity index (χ0) is 21.6. The normalized spacial score (nSPS) is 18.9. The van der Waals surface area contributed by atoms with Gasteiger partial charge < -0.3 is 20.3 Å². The maximum Gasteiger partial charge on any atom is 0.341 e. The van der Waals surface area contributed by atoms with Crippen LogP contribution in [0.1, 0.15) is 10.4 Å². The molecular weight excluding hydrogens is 418 g/mol. The SMILES string of the molecule is NC[C@@H]1CN(c2nc3c(cc2F)c(=O)c(C(=O)O)cn3-c2ccc(F)cc2)C[C@@H]1Cl. The number of hydrogen-bond donors (Lipinski definition) is 2. The van der Waals surface area contributed by atoms with E-state index >= 15 is 0 Å². The monoisotopic (exact) mass is 434 g/mol. The number of carboxylic acid groups (broad SMARTS) is 1. The molecule has 30 heavy (non-hydrogen) atoms. The molecule has 4 rings (SSSR count). The van der Waals surface area contributed by atoms with E-state index in [1.165, 1.54) is 28.8 Å². The van der Waals surface area contributed by atoms with Gasteiger partial charge in [-0.1, -0.05) is 0 Å². The van der Waals surface area contributed by atoms with Crippen molar-refractivity contribution >= 4 is 34.4 Å². The van der Waals surface area contributed by atoms with Crippen LogP contribution < -0.4 is 16.1 Å². The molecule has 1 aliphatic heterocycles. The van der Waals surface area contributed by atoms with E-state index in [2.05, 4.69) is 4.98 Å². The number of pyridine rings is 2. The second kappa shape index (κ2) is 7.66. The van der Waals surface area contributed by atoms with E-state index in [-0.39, 0.29) is 28.1 Å². The van der Waals surface area contributed by atoms with Gasteiger partial charge in [0.2, 0.25) is 5.43 Å². The molecule has 0 amide bonds. The van der Waals surface area contributed by atoms with Crippen LogP contribution in [0.15, 0.2) is 41.3 Å². The van der Waals surface area contributed by atoms with Gasteiger partial charge in [-0.2, -0.15) is 0 Å². The molecule has 0 spiro atoms. The molecule has 0 unspecified atom stereocenters. The Morgan fingerprint density at radius 2 is 1.97 bits per heavy atom. The average molecular weight is 435 g/mol. The number of halogens is 3. The number of aromatic carboxylic acids is 1. The van der Waals surface area contributed by atoms with Crippen molar-refractivity contribution in [2.75, 3.05) is 24.5 Å². The first-order valence-corrected chi connectivity index (χ1v) is 9.58. The maximum atomic E-state index is 14.9. The Balaban J connectivity index is 1.97. The van der Waals surface area contributed by atoms with E-state index in [4.69, 9.17) is 17.3 Å². The molecule has 156 valence electrons. The summed E-state index contributed by atoms with van der Waals surface area (Å²) in [6.45, 7) is 1.06. The summed E-state index contributed by atoms with van der Waals surface area (Å²) in [7, 11) is 0. The quantitative estimate of drug-likeness (QED) is 0.611. The number of rotatable bonds is 4. The topological polar surface area (TPSA) is 101 Å². The Morgan fingerprint density at radius 3 is 2.57 bits per heavy atom. The van der Waals surface area contributed by atoms with Crippen LogP contribution >= 0.6 is 11.6 Å². The van der Waals surface area contributed by atoms with E-state index in [0.717, 1.165) is 12.3 Å². The van der Waals surface area contributed by atoms with Crippen LogP contribution in [0.3, 0.4) is 0 Å². The summed E-state index contributed by atoms with van der Waals surface area (Å²) >= 11 is 6.29. The van der Waals surface area contributed by atoms with Crippen molar-refractivity contribution in [1.82, 2.24) is 9.55 Å². The summed E-state index contributed by atoms with van der Waals surface area (Å²) in [6.07, 6.45) is 1.10. The highest BCUT2D eigenvalue weighted by molar-refractivity contribution is 6.21. The van der Waals surface area contributed by atoms with E-state index in [1.54, 1.807) is 4.90 Å². The van der Waals surface area contributed by atoms with E-state index in [9.17, 15) is 23.5 Å². The van der Waals surface area contributed by atoms with Crippen LogP contribution in [0.25, 0.3) is 16.7 Å². The number of nitrogens with zero attached hydrogens (tertiary/aromatic N) is 3. The first kappa shape index (κ1) is 20.2. The molecule has 3 aromatic rings. The fourth-order valence-electron chi connectivity index (χ4n) is 3.61. The van der Waals surface area contributed by atoms with Gasteiger partial charge in [0.25, 0.3) is 0 Å².